The number of hydrogen-bond donors (Lipinski definition) is 2. The first-order valence-electron chi connectivity index (χ1n) is 9.97. The first-order chi connectivity index (χ1) is 13.4. The number of rotatable bonds is 5. The van der Waals surface area contributed by atoms with Crippen LogP contribution in [0.4, 0.5) is 0 Å². The Kier molecular flexibility index (Phi) is 5.25. The van der Waals surface area contributed by atoms with Gasteiger partial charge in [0.2, 0.25) is 10.0 Å². The van der Waals surface area contributed by atoms with Crippen LogP contribution in [-0.4, -0.2) is 29.7 Å². The number of hydrogen-bond acceptors (Lipinski definition) is 3. The van der Waals surface area contributed by atoms with E-state index in [2.05, 4.69) is 39.0 Å². The Morgan fingerprint density at radius 2 is 1.86 bits per heavy atom. The molecular formula is C22H27N3O2S. The van der Waals surface area contributed by atoms with Crippen molar-refractivity contribution in [3.05, 3.63) is 54.4 Å². The maximum absolute atomic E-state index is 12.1. The fourth-order valence-electron chi connectivity index (χ4n) is 3.96. The molecule has 4 rings (SSSR count). The maximum atomic E-state index is 12.1. The van der Waals surface area contributed by atoms with Crippen molar-refractivity contribution >= 4 is 20.9 Å². The molecule has 3 aromatic rings. The van der Waals surface area contributed by atoms with Gasteiger partial charge >= 0.3 is 0 Å². The Labute approximate surface area is 166 Å². The molecule has 28 heavy (non-hydrogen) atoms. The molecule has 0 aliphatic heterocycles. The summed E-state index contributed by atoms with van der Waals surface area (Å²) in [5.41, 5.74) is 4.48. The van der Waals surface area contributed by atoms with Gasteiger partial charge < -0.3 is 4.98 Å². The van der Waals surface area contributed by atoms with Crippen LogP contribution in [0.15, 0.2) is 48.7 Å². The minimum Gasteiger partial charge on any atom is -0.358 e. The topological polar surface area (TPSA) is 74.8 Å². The third kappa shape index (κ3) is 3.98. The lowest BCUT2D eigenvalue weighted by Gasteiger charge is -2.29. The number of H-pyrrole nitrogens is 1. The molecule has 0 spiro atoms. The molecule has 0 radical (unpaired) electrons. The largest absolute Gasteiger partial charge is 0.358 e. The molecular weight excluding hydrogens is 370 g/mol. The molecule has 1 aromatic carbocycles. The van der Waals surface area contributed by atoms with E-state index in [1.807, 2.05) is 24.4 Å². The van der Waals surface area contributed by atoms with Crippen LogP contribution in [0.5, 0.6) is 0 Å². The molecule has 0 amide bonds. The highest BCUT2D eigenvalue weighted by molar-refractivity contribution is 7.90. The summed E-state index contributed by atoms with van der Waals surface area (Å²) in [4.78, 5) is 8.00. The van der Waals surface area contributed by atoms with E-state index in [0.717, 1.165) is 42.5 Å². The van der Waals surface area contributed by atoms with Crippen molar-refractivity contribution in [3.8, 4) is 11.3 Å². The predicted molar refractivity (Wildman–Crippen MR) is 114 cm³/mol. The maximum Gasteiger partial charge on any atom is 0.214 e. The summed E-state index contributed by atoms with van der Waals surface area (Å²) in [6.07, 6.45) is 5.56. The van der Waals surface area contributed by atoms with Crippen LogP contribution in [0.1, 0.15) is 51.1 Å². The summed E-state index contributed by atoms with van der Waals surface area (Å²) < 4.78 is 27.1. The zero-order valence-corrected chi connectivity index (χ0v) is 17.2. The minimum absolute atomic E-state index is 0.0591. The third-order valence-electron chi connectivity index (χ3n) is 5.72. The average Bonchev–Trinajstić information content (AvgIpc) is 3.12. The summed E-state index contributed by atoms with van der Waals surface area (Å²) in [7, 11) is -3.20. The van der Waals surface area contributed by atoms with Gasteiger partial charge in [0.15, 0.2) is 0 Å². The van der Waals surface area contributed by atoms with Gasteiger partial charge in [0.05, 0.1) is 10.9 Å². The lowest BCUT2D eigenvalue weighted by molar-refractivity contribution is 0.370. The van der Waals surface area contributed by atoms with Crippen LogP contribution in [0.3, 0.4) is 0 Å². The number of benzene rings is 1. The number of aromatic amines is 1. The van der Waals surface area contributed by atoms with Crippen molar-refractivity contribution in [1.82, 2.24) is 14.7 Å². The second-order valence-corrected chi connectivity index (χ2v) is 10.3. The Morgan fingerprint density at radius 3 is 2.54 bits per heavy atom. The van der Waals surface area contributed by atoms with Crippen LogP contribution >= 0.6 is 0 Å². The fraction of sp³-hybridized carbons (Fsp3) is 0.409. The second-order valence-electron chi connectivity index (χ2n) is 8.00. The number of pyridine rings is 1. The summed E-state index contributed by atoms with van der Waals surface area (Å²) in [5.74, 6) is 0.450. The van der Waals surface area contributed by atoms with E-state index in [1.54, 1.807) is 13.8 Å². The van der Waals surface area contributed by atoms with Gasteiger partial charge in [-0.05, 0) is 75.8 Å². The van der Waals surface area contributed by atoms with E-state index in [9.17, 15) is 8.42 Å². The van der Waals surface area contributed by atoms with E-state index in [0.29, 0.717) is 5.92 Å². The fourth-order valence-corrected chi connectivity index (χ4v) is 4.93. The normalized spacial score (nSPS) is 20.7. The SMILES string of the molecule is CC(C)S(=O)(=O)N[C@H]1CC[C@H](c2cc3cc(-c4ccccn4)ccc3[nH]2)CC1. The molecule has 1 aliphatic rings. The number of sulfonamides is 1. The summed E-state index contributed by atoms with van der Waals surface area (Å²) >= 11 is 0. The van der Waals surface area contributed by atoms with Crippen LogP contribution < -0.4 is 4.72 Å². The molecule has 1 fully saturated rings. The Hall–Kier alpha value is -2.18. The van der Waals surface area contributed by atoms with Gasteiger partial charge in [-0.25, -0.2) is 13.1 Å². The molecule has 0 atom stereocenters. The van der Waals surface area contributed by atoms with Crippen molar-refractivity contribution in [2.45, 2.75) is 56.7 Å². The molecule has 2 heterocycles. The minimum atomic E-state index is -3.20. The molecule has 0 bridgehead atoms. The zero-order chi connectivity index (χ0) is 19.7. The monoisotopic (exact) mass is 397 g/mol. The third-order valence-corrected chi connectivity index (χ3v) is 7.62. The molecule has 148 valence electrons. The van der Waals surface area contributed by atoms with Gasteiger partial charge in [-0.1, -0.05) is 12.1 Å². The van der Waals surface area contributed by atoms with Gasteiger partial charge in [-0.15, -0.1) is 0 Å². The van der Waals surface area contributed by atoms with E-state index in [1.165, 1.54) is 11.1 Å². The zero-order valence-electron chi connectivity index (χ0n) is 16.4. The standard InChI is InChI=1S/C22H27N3O2S/c1-15(2)28(26,27)25-19-9-6-16(7-10-19)22-14-18-13-17(8-11-21(18)24-22)20-5-3-4-12-23-20/h3-5,8,11-16,19,24-25H,6-7,9-10H2,1-2H3/t16-,19-. The average molecular weight is 398 g/mol. The first kappa shape index (κ1) is 19.2. The van der Waals surface area contributed by atoms with Crippen molar-refractivity contribution in [3.63, 3.8) is 0 Å². The summed E-state index contributed by atoms with van der Waals surface area (Å²) in [6, 6.07) is 14.6. The van der Waals surface area contributed by atoms with Crippen molar-refractivity contribution in [2.75, 3.05) is 0 Å². The lowest BCUT2D eigenvalue weighted by atomic mass is 9.84. The predicted octanol–water partition coefficient (Wildman–Crippen LogP) is 4.58. The molecule has 6 heteroatoms. The van der Waals surface area contributed by atoms with Gasteiger partial charge in [0, 0.05) is 34.4 Å². The van der Waals surface area contributed by atoms with Crippen molar-refractivity contribution < 1.29 is 8.42 Å². The van der Waals surface area contributed by atoms with Crippen LogP contribution in [0.25, 0.3) is 22.2 Å². The summed E-state index contributed by atoms with van der Waals surface area (Å²) in [6.45, 7) is 3.44. The van der Waals surface area contributed by atoms with E-state index in [-0.39, 0.29) is 11.3 Å². The molecule has 0 unspecified atom stereocenters. The molecule has 5 nitrogen and oxygen atoms in total. The smallest absolute Gasteiger partial charge is 0.214 e. The van der Waals surface area contributed by atoms with E-state index >= 15 is 0 Å². The summed E-state index contributed by atoms with van der Waals surface area (Å²) in [5, 5.41) is 0.813. The molecule has 2 aromatic heterocycles. The Balaban J connectivity index is 1.47. The highest BCUT2D eigenvalue weighted by Crippen LogP contribution is 2.35. The number of aromatic nitrogens is 2. The van der Waals surface area contributed by atoms with E-state index in [4.69, 9.17) is 0 Å². The number of nitrogens with zero attached hydrogens (tertiary/aromatic N) is 1. The quantitative estimate of drug-likeness (QED) is 0.661. The van der Waals surface area contributed by atoms with Crippen LogP contribution in [0, 0.1) is 0 Å². The first-order valence-corrected chi connectivity index (χ1v) is 11.5. The lowest BCUT2D eigenvalue weighted by Crippen LogP contribution is -2.40. The van der Waals surface area contributed by atoms with Crippen molar-refractivity contribution in [2.24, 2.45) is 0 Å². The van der Waals surface area contributed by atoms with Gasteiger partial charge in [0.25, 0.3) is 0 Å². The number of fused-ring (bicyclic) bond motifs is 1. The molecule has 0 saturated heterocycles. The van der Waals surface area contributed by atoms with E-state index < -0.39 is 10.0 Å². The van der Waals surface area contributed by atoms with Gasteiger partial charge in [-0.3, -0.25) is 4.98 Å². The highest BCUT2D eigenvalue weighted by Gasteiger charge is 2.27. The van der Waals surface area contributed by atoms with Crippen LogP contribution in [0.2, 0.25) is 0 Å². The Bertz CT molecular complexity index is 1050. The van der Waals surface area contributed by atoms with Crippen LogP contribution in [-0.2, 0) is 10.0 Å². The van der Waals surface area contributed by atoms with Gasteiger partial charge in [-0.2, -0.15) is 0 Å². The van der Waals surface area contributed by atoms with Crippen molar-refractivity contribution in [1.29, 1.82) is 0 Å². The molecule has 1 saturated carbocycles. The Morgan fingerprint density at radius 1 is 1.07 bits per heavy atom. The molecule has 2 N–H and O–H groups in total. The number of nitrogens with one attached hydrogen (secondary N) is 2. The highest BCUT2D eigenvalue weighted by atomic mass is 32.2. The van der Waals surface area contributed by atoms with Gasteiger partial charge in [0.1, 0.15) is 0 Å². The second kappa shape index (κ2) is 7.68. The molecule has 1 aliphatic carbocycles.